The molecule has 1 amide bonds. The van der Waals surface area contributed by atoms with Crippen molar-refractivity contribution in [3.63, 3.8) is 0 Å². The Morgan fingerprint density at radius 3 is 2.82 bits per heavy atom. The Hall–Kier alpha value is -2.23. The van der Waals surface area contributed by atoms with Crippen molar-refractivity contribution in [1.29, 1.82) is 0 Å². The molecule has 1 aliphatic heterocycles. The van der Waals surface area contributed by atoms with Gasteiger partial charge in [-0.25, -0.2) is 9.78 Å². The van der Waals surface area contributed by atoms with Gasteiger partial charge in [0.25, 0.3) is 0 Å². The summed E-state index contributed by atoms with van der Waals surface area (Å²) in [4.78, 5) is 16.7. The van der Waals surface area contributed by atoms with Gasteiger partial charge < -0.3 is 18.8 Å². The zero-order chi connectivity index (χ0) is 23.3. The van der Waals surface area contributed by atoms with E-state index in [2.05, 4.69) is 10.3 Å². The summed E-state index contributed by atoms with van der Waals surface area (Å²) in [6.07, 6.45) is 4.66. The van der Waals surface area contributed by atoms with Gasteiger partial charge in [-0.05, 0) is 43.3 Å². The van der Waals surface area contributed by atoms with Gasteiger partial charge in [-0.3, -0.25) is 5.32 Å². The highest BCUT2D eigenvalue weighted by molar-refractivity contribution is 7.99. The Labute approximate surface area is 206 Å². The van der Waals surface area contributed by atoms with E-state index in [0.29, 0.717) is 41.2 Å². The van der Waals surface area contributed by atoms with Crippen LogP contribution in [0.5, 0.6) is 0 Å². The van der Waals surface area contributed by atoms with Crippen LogP contribution in [0.4, 0.5) is 10.5 Å². The number of amides is 1. The van der Waals surface area contributed by atoms with Gasteiger partial charge in [0, 0.05) is 39.3 Å². The van der Waals surface area contributed by atoms with E-state index in [9.17, 15) is 4.79 Å². The van der Waals surface area contributed by atoms with Gasteiger partial charge in [-0.1, -0.05) is 29.3 Å². The summed E-state index contributed by atoms with van der Waals surface area (Å²) in [5.74, 6) is -0.359. The summed E-state index contributed by atoms with van der Waals surface area (Å²) in [7, 11) is 0. The van der Waals surface area contributed by atoms with Gasteiger partial charge in [0.2, 0.25) is 5.79 Å². The minimum Gasteiger partial charge on any atom is -0.450 e. The summed E-state index contributed by atoms with van der Waals surface area (Å²) in [6, 6.07) is 12.9. The molecule has 10 heteroatoms. The number of anilines is 1. The molecule has 4 rings (SSSR count). The number of nitrogens with one attached hydrogen (secondary N) is 1. The van der Waals surface area contributed by atoms with Crippen molar-refractivity contribution in [3.05, 3.63) is 76.8 Å². The first kappa shape index (κ1) is 23.9. The zero-order valence-corrected chi connectivity index (χ0v) is 20.2. The maximum absolute atomic E-state index is 11.5. The maximum atomic E-state index is 11.5. The highest BCUT2D eigenvalue weighted by Gasteiger charge is 2.45. The van der Waals surface area contributed by atoms with Gasteiger partial charge in [0.05, 0.1) is 37.2 Å². The average Bonchev–Trinajstić information content (AvgIpc) is 3.44. The third-order valence-corrected chi connectivity index (χ3v) is 6.65. The Kier molecular flexibility index (Phi) is 7.82. The molecule has 0 radical (unpaired) electrons. The van der Waals surface area contributed by atoms with Crippen LogP contribution >= 0.6 is 35.0 Å². The van der Waals surface area contributed by atoms with Crippen LogP contribution in [0.3, 0.4) is 0 Å². The molecule has 0 spiro atoms. The second-order valence-corrected chi connectivity index (χ2v) is 9.28. The molecule has 1 fully saturated rings. The molecule has 3 aromatic rings. The zero-order valence-electron chi connectivity index (χ0n) is 17.9. The van der Waals surface area contributed by atoms with Crippen molar-refractivity contribution in [2.75, 3.05) is 24.3 Å². The average molecular weight is 508 g/mol. The van der Waals surface area contributed by atoms with Crippen molar-refractivity contribution < 1.29 is 19.0 Å². The van der Waals surface area contributed by atoms with Gasteiger partial charge in [0.15, 0.2) is 0 Å². The summed E-state index contributed by atoms with van der Waals surface area (Å²) in [5.41, 5.74) is 1.40. The molecule has 174 valence electrons. The van der Waals surface area contributed by atoms with E-state index in [1.165, 1.54) is 0 Å². The Morgan fingerprint density at radius 2 is 2.12 bits per heavy atom. The minimum atomic E-state index is -1.04. The second-order valence-electron chi connectivity index (χ2n) is 7.34. The Balaban J connectivity index is 1.42. The lowest BCUT2D eigenvalue weighted by molar-refractivity contribution is -0.184. The number of imidazole rings is 1. The first-order valence-electron chi connectivity index (χ1n) is 10.4. The fraction of sp³-hybridized carbons (Fsp3) is 0.304. The summed E-state index contributed by atoms with van der Waals surface area (Å²) < 4.78 is 19.5. The topological polar surface area (TPSA) is 74.6 Å². The standard InChI is InChI=1S/C23H23Cl2N3O4S/c1-2-30-22(29)27-17-4-6-19(7-5-17)33-13-18-12-31-23(32-18,14-28-10-9-26-15-28)20-8-3-16(24)11-21(20)25/h3-11,15,18H,2,12-14H2,1H3,(H,27,29)/t18?,23-/m0/s1. The first-order chi connectivity index (χ1) is 16.0. The fourth-order valence-corrected chi connectivity index (χ4v) is 4.91. The van der Waals surface area contributed by atoms with Gasteiger partial charge in [0.1, 0.15) is 0 Å². The summed E-state index contributed by atoms with van der Waals surface area (Å²) in [5, 5.41) is 3.72. The fourth-order valence-electron chi connectivity index (χ4n) is 3.48. The van der Waals surface area contributed by atoms with E-state index in [-0.39, 0.29) is 6.10 Å². The number of benzene rings is 2. The van der Waals surface area contributed by atoms with E-state index >= 15 is 0 Å². The van der Waals surface area contributed by atoms with Crippen LogP contribution < -0.4 is 5.32 Å². The van der Waals surface area contributed by atoms with Crippen LogP contribution in [0, 0.1) is 0 Å². The number of hydrogen-bond acceptors (Lipinski definition) is 6. The molecule has 1 N–H and O–H groups in total. The lowest BCUT2D eigenvalue weighted by Gasteiger charge is -2.30. The van der Waals surface area contributed by atoms with Gasteiger partial charge in [-0.15, -0.1) is 11.8 Å². The number of rotatable bonds is 8. The van der Waals surface area contributed by atoms with E-state index < -0.39 is 11.9 Å². The molecular formula is C23H23Cl2N3O4S. The number of carbonyl (C=O) groups is 1. The molecule has 1 aromatic heterocycles. The first-order valence-corrected chi connectivity index (χ1v) is 12.1. The maximum Gasteiger partial charge on any atom is 0.411 e. The SMILES string of the molecule is CCOC(=O)Nc1ccc(SCC2CO[C@](Cn3ccnc3)(c3ccc(Cl)cc3Cl)O2)cc1. The van der Waals surface area contributed by atoms with Crippen LogP contribution in [0.1, 0.15) is 12.5 Å². The third-order valence-electron chi connectivity index (χ3n) is 4.96. The highest BCUT2D eigenvalue weighted by Crippen LogP contribution is 2.41. The molecule has 1 saturated heterocycles. The summed E-state index contributed by atoms with van der Waals surface area (Å²) >= 11 is 14.3. The molecule has 0 aliphatic carbocycles. The van der Waals surface area contributed by atoms with Crippen molar-refractivity contribution in [2.45, 2.75) is 30.3 Å². The quantitative estimate of drug-likeness (QED) is 0.387. The number of nitrogens with zero attached hydrogens (tertiary/aromatic N) is 2. The molecule has 1 unspecified atom stereocenters. The largest absolute Gasteiger partial charge is 0.450 e. The highest BCUT2D eigenvalue weighted by atomic mass is 35.5. The lowest BCUT2D eigenvalue weighted by Crippen LogP contribution is -2.34. The molecule has 33 heavy (non-hydrogen) atoms. The molecule has 0 bridgehead atoms. The molecular weight excluding hydrogens is 485 g/mol. The van der Waals surface area contributed by atoms with E-state index in [4.69, 9.17) is 37.4 Å². The number of hydrogen-bond donors (Lipinski definition) is 1. The predicted molar refractivity (Wildman–Crippen MR) is 129 cm³/mol. The number of halogens is 2. The monoisotopic (exact) mass is 507 g/mol. The van der Waals surface area contributed by atoms with Crippen LogP contribution in [-0.2, 0) is 26.5 Å². The third kappa shape index (κ3) is 6.02. The second kappa shape index (κ2) is 10.8. The number of thioether (sulfide) groups is 1. The molecule has 2 heterocycles. The predicted octanol–water partition coefficient (Wildman–Crippen LogP) is 5.82. The number of carbonyl (C=O) groups excluding carboxylic acids is 1. The Morgan fingerprint density at radius 1 is 1.30 bits per heavy atom. The molecule has 2 aromatic carbocycles. The van der Waals surface area contributed by atoms with Crippen LogP contribution in [0.25, 0.3) is 0 Å². The normalized spacial score (nSPS) is 20.0. The molecule has 0 saturated carbocycles. The summed E-state index contributed by atoms with van der Waals surface area (Å²) in [6.45, 7) is 2.92. The van der Waals surface area contributed by atoms with Crippen molar-refractivity contribution in [2.24, 2.45) is 0 Å². The van der Waals surface area contributed by atoms with E-state index in [1.807, 2.05) is 41.1 Å². The van der Waals surface area contributed by atoms with Crippen molar-refractivity contribution in [1.82, 2.24) is 9.55 Å². The minimum absolute atomic E-state index is 0.150. The Bertz CT molecular complexity index is 1080. The van der Waals surface area contributed by atoms with Crippen molar-refractivity contribution in [3.8, 4) is 0 Å². The van der Waals surface area contributed by atoms with E-state index in [1.54, 1.807) is 43.3 Å². The molecule has 2 atom stereocenters. The van der Waals surface area contributed by atoms with Crippen LogP contribution in [0.2, 0.25) is 10.0 Å². The van der Waals surface area contributed by atoms with Crippen LogP contribution in [-0.4, -0.2) is 40.7 Å². The smallest absolute Gasteiger partial charge is 0.411 e. The lowest BCUT2D eigenvalue weighted by atomic mass is 10.1. The van der Waals surface area contributed by atoms with E-state index in [0.717, 1.165) is 10.5 Å². The molecule has 1 aliphatic rings. The molecule has 7 nitrogen and oxygen atoms in total. The van der Waals surface area contributed by atoms with Gasteiger partial charge >= 0.3 is 6.09 Å². The number of aromatic nitrogens is 2. The van der Waals surface area contributed by atoms with Crippen molar-refractivity contribution >= 4 is 46.7 Å². The van der Waals surface area contributed by atoms with Gasteiger partial charge in [-0.2, -0.15) is 0 Å². The number of ether oxygens (including phenoxy) is 3. The van der Waals surface area contributed by atoms with Crippen LogP contribution in [0.15, 0.2) is 66.1 Å².